The SMILES string of the molecule is COc1cc(I)c(Cl)cc1C(=O)N1CCCC(c2nc3ccccc3[nH]2)C1. The topological polar surface area (TPSA) is 58.2 Å². The molecule has 0 radical (unpaired) electrons. The number of benzene rings is 2. The van der Waals surface area contributed by atoms with E-state index in [1.807, 2.05) is 29.2 Å². The molecule has 7 heteroatoms. The Morgan fingerprint density at radius 2 is 2.19 bits per heavy atom. The number of carbonyl (C=O) groups excluding carboxylic acids is 1. The summed E-state index contributed by atoms with van der Waals surface area (Å²) in [6, 6.07) is 11.5. The monoisotopic (exact) mass is 495 g/mol. The number of fused-ring (bicyclic) bond motifs is 1. The number of aromatic nitrogens is 2. The van der Waals surface area contributed by atoms with E-state index in [4.69, 9.17) is 21.3 Å². The number of hydrogen-bond donors (Lipinski definition) is 1. The summed E-state index contributed by atoms with van der Waals surface area (Å²) in [7, 11) is 1.57. The third-order valence-electron chi connectivity index (χ3n) is 4.98. The minimum absolute atomic E-state index is 0.0500. The minimum atomic E-state index is -0.0500. The van der Waals surface area contributed by atoms with Crippen LogP contribution in [0, 0.1) is 3.57 Å². The first kappa shape index (κ1) is 18.6. The quantitative estimate of drug-likeness (QED) is 0.529. The van der Waals surface area contributed by atoms with Crippen molar-refractivity contribution in [1.82, 2.24) is 14.9 Å². The van der Waals surface area contributed by atoms with Crippen molar-refractivity contribution in [2.75, 3.05) is 20.2 Å². The van der Waals surface area contributed by atoms with Crippen LogP contribution in [0.4, 0.5) is 0 Å². The second kappa shape index (κ2) is 7.67. The summed E-state index contributed by atoms with van der Waals surface area (Å²) in [5.74, 6) is 1.65. The van der Waals surface area contributed by atoms with Crippen molar-refractivity contribution < 1.29 is 9.53 Å². The van der Waals surface area contributed by atoms with E-state index in [0.29, 0.717) is 22.9 Å². The molecule has 1 atom stereocenters. The Labute approximate surface area is 176 Å². The Balaban J connectivity index is 1.59. The van der Waals surface area contributed by atoms with Crippen molar-refractivity contribution in [3.63, 3.8) is 0 Å². The Hall–Kier alpha value is -1.80. The number of carbonyl (C=O) groups is 1. The number of amides is 1. The average Bonchev–Trinajstić information content (AvgIpc) is 3.13. The zero-order valence-corrected chi connectivity index (χ0v) is 17.8. The fraction of sp³-hybridized carbons (Fsp3) is 0.300. The number of para-hydroxylation sites is 2. The van der Waals surface area contributed by atoms with Crippen molar-refractivity contribution in [1.29, 1.82) is 0 Å². The molecule has 0 bridgehead atoms. The number of nitrogens with zero attached hydrogens (tertiary/aromatic N) is 2. The van der Waals surface area contributed by atoms with E-state index >= 15 is 0 Å². The normalized spacial score (nSPS) is 17.3. The van der Waals surface area contributed by atoms with Gasteiger partial charge < -0.3 is 14.6 Å². The summed E-state index contributed by atoms with van der Waals surface area (Å²) in [5.41, 5.74) is 2.50. The highest BCUT2D eigenvalue weighted by Crippen LogP contribution is 2.32. The maximum Gasteiger partial charge on any atom is 0.257 e. The molecule has 27 heavy (non-hydrogen) atoms. The summed E-state index contributed by atoms with van der Waals surface area (Å²) in [6.07, 6.45) is 1.95. The molecule has 5 nitrogen and oxygen atoms in total. The van der Waals surface area contributed by atoms with Gasteiger partial charge in [0.2, 0.25) is 0 Å². The number of H-pyrrole nitrogens is 1. The van der Waals surface area contributed by atoms with Gasteiger partial charge in [-0.05, 0) is 59.7 Å². The molecule has 1 saturated heterocycles. The predicted octanol–water partition coefficient (Wildman–Crippen LogP) is 4.85. The van der Waals surface area contributed by atoms with Gasteiger partial charge >= 0.3 is 0 Å². The summed E-state index contributed by atoms with van der Waals surface area (Å²) in [4.78, 5) is 23.2. The molecule has 0 aliphatic carbocycles. The summed E-state index contributed by atoms with van der Waals surface area (Å²) in [6.45, 7) is 1.35. The highest BCUT2D eigenvalue weighted by atomic mass is 127. The third kappa shape index (κ3) is 3.65. The predicted molar refractivity (Wildman–Crippen MR) is 115 cm³/mol. The molecule has 1 aromatic heterocycles. The first-order chi connectivity index (χ1) is 13.1. The molecule has 1 amide bonds. The van der Waals surface area contributed by atoms with Gasteiger partial charge in [0, 0.05) is 22.6 Å². The van der Waals surface area contributed by atoms with Crippen molar-refractivity contribution in [3.8, 4) is 5.75 Å². The van der Waals surface area contributed by atoms with E-state index in [9.17, 15) is 4.79 Å². The number of imidazole rings is 1. The molecule has 0 saturated carbocycles. The minimum Gasteiger partial charge on any atom is -0.496 e. The number of methoxy groups -OCH3 is 1. The van der Waals surface area contributed by atoms with Crippen molar-refractivity contribution >= 4 is 51.1 Å². The Kier molecular flexibility index (Phi) is 5.27. The molecular formula is C20H19ClIN3O2. The first-order valence-corrected chi connectivity index (χ1v) is 10.3. The average molecular weight is 496 g/mol. The van der Waals surface area contributed by atoms with Crippen LogP contribution in [0.5, 0.6) is 5.75 Å². The van der Waals surface area contributed by atoms with Gasteiger partial charge in [-0.2, -0.15) is 0 Å². The summed E-state index contributed by atoms with van der Waals surface area (Å²) < 4.78 is 6.28. The number of hydrogen-bond acceptors (Lipinski definition) is 3. The molecule has 140 valence electrons. The van der Waals surface area contributed by atoms with Gasteiger partial charge in [-0.1, -0.05) is 23.7 Å². The van der Waals surface area contributed by atoms with E-state index in [1.165, 1.54) is 0 Å². The van der Waals surface area contributed by atoms with Crippen molar-refractivity contribution in [3.05, 3.63) is 56.4 Å². The molecule has 2 aromatic carbocycles. The third-order valence-corrected chi connectivity index (χ3v) is 6.50. The van der Waals surface area contributed by atoms with Gasteiger partial charge in [0.25, 0.3) is 5.91 Å². The summed E-state index contributed by atoms with van der Waals surface area (Å²) in [5, 5.41) is 0.561. The highest BCUT2D eigenvalue weighted by molar-refractivity contribution is 14.1. The molecule has 2 heterocycles. The van der Waals surface area contributed by atoms with Crippen molar-refractivity contribution in [2.45, 2.75) is 18.8 Å². The summed E-state index contributed by atoms with van der Waals surface area (Å²) >= 11 is 8.38. The maximum atomic E-state index is 13.1. The van der Waals surface area contributed by atoms with Gasteiger partial charge in [0.1, 0.15) is 11.6 Å². The van der Waals surface area contributed by atoms with E-state index in [1.54, 1.807) is 19.2 Å². The van der Waals surface area contributed by atoms with Gasteiger partial charge in [0.05, 0.1) is 28.7 Å². The number of piperidine rings is 1. The molecule has 1 unspecified atom stereocenters. The number of nitrogens with one attached hydrogen (secondary N) is 1. The van der Waals surface area contributed by atoms with Crippen LogP contribution in [-0.4, -0.2) is 41.0 Å². The Morgan fingerprint density at radius 1 is 1.37 bits per heavy atom. The molecule has 1 aliphatic heterocycles. The van der Waals surface area contributed by atoms with Crippen LogP contribution in [0.3, 0.4) is 0 Å². The number of likely N-dealkylation sites (tertiary alicyclic amines) is 1. The van der Waals surface area contributed by atoms with E-state index < -0.39 is 0 Å². The van der Waals surface area contributed by atoms with Crippen LogP contribution in [-0.2, 0) is 0 Å². The van der Waals surface area contributed by atoms with Gasteiger partial charge in [0.15, 0.2) is 0 Å². The van der Waals surface area contributed by atoms with E-state index in [-0.39, 0.29) is 11.8 Å². The van der Waals surface area contributed by atoms with Crippen LogP contribution < -0.4 is 4.74 Å². The maximum absolute atomic E-state index is 13.1. The van der Waals surface area contributed by atoms with Gasteiger partial charge in [-0.25, -0.2) is 4.98 Å². The fourth-order valence-corrected chi connectivity index (χ4v) is 4.19. The van der Waals surface area contributed by atoms with Crippen LogP contribution in [0.2, 0.25) is 5.02 Å². The largest absolute Gasteiger partial charge is 0.496 e. The molecule has 1 aliphatic rings. The lowest BCUT2D eigenvalue weighted by atomic mass is 9.96. The van der Waals surface area contributed by atoms with Gasteiger partial charge in [-0.15, -0.1) is 0 Å². The lowest BCUT2D eigenvalue weighted by Crippen LogP contribution is -2.39. The number of aromatic amines is 1. The van der Waals surface area contributed by atoms with Crippen LogP contribution in [0.25, 0.3) is 11.0 Å². The second-order valence-corrected chi connectivity index (χ2v) is 8.27. The van der Waals surface area contributed by atoms with E-state index in [0.717, 1.165) is 39.8 Å². The van der Waals surface area contributed by atoms with Crippen molar-refractivity contribution in [2.24, 2.45) is 0 Å². The molecular weight excluding hydrogens is 477 g/mol. The van der Waals surface area contributed by atoms with Crippen LogP contribution in [0.15, 0.2) is 36.4 Å². The lowest BCUT2D eigenvalue weighted by Gasteiger charge is -2.32. The zero-order chi connectivity index (χ0) is 19.0. The second-order valence-electron chi connectivity index (χ2n) is 6.70. The smallest absolute Gasteiger partial charge is 0.257 e. The number of ether oxygens (including phenoxy) is 1. The standard InChI is InChI=1S/C20H19ClIN3O2/c1-27-18-10-15(22)14(21)9-13(18)20(26)25-8-4-5-12(11-25)19-23-16-6-2-3-7-17(16)24-19/h2-3,6-7,9-10,12H,4-5,8,11H2,1H3,(H,23,24). The van der Waals surface area contributed by atoms with Crippen LogP contribution >= 0.6 is 34.2 Å². The molecule has 1 fully saturated rings. The molecule has 1 N–H and O–H groups in total. The van der Waals surface area contributed by atoms with Gasteiger partial charge in [-0.3, -0.25) is 4.79 Å². The molecule has 0 spiro atoms. The fourth-order valence-electron chi connectivity index (χ4n) is 3.59. The Morgan fingerprint density at radius 3 is 2.96 bits per heavy atom. The number of rotatable bonds is 3. The number of halogens is 2. The molecule has 3 aromatic rings. The van der Waals surface area contributed by atoms with Crippen LogP contribution in [0.1, 0.15) is 34.9 Å². The lowest BCUT2D eigenvalue weighted by molar-refractivity contribution is 0.0701. The Bertz CT molecular complexity index is 971. The van der Waals surface area contributed by atoms with E-state index in [2.05, 4.69) is 27.6 Å². The zero-order valence-electron chi connectivity index (χ0n) is 14.8. The molecule has 4 rings (SSSR count). The highest BCUT2D eigenvalue weighted by Gasteiger charge is 2.29. The first-order valence-electron chi connectivity index (χ1n) is 8.83.